The van der Waals surface area contributed by atoms with Crippen molar-refractivity contribution in [2.45, 2.75) is 38.1 Å². The number of hydrogen-bond donors (Lipinski definition) is 1. The van der Waals surface area contributed by atoms with E-state index in [0.29, 0.717) is 17.9 Å². The van der Waals surface area contributed by atoms with Gasteiger partial charge in [-0.05, 0) is 38.6 Å². The molecule has 0 radical (unpaired) electrons. The highest BCUT2D eigenvalue weighted by atomic mass is 16.2. The van der Waals surface area contributed by atoms with Crippen LogP contribution >= 0.6 is 0 Å². The molecular formula is C10H18N2O. The van der Waals surface area contributed by atoms with Gasteiger partial charge in [-0.15, -0.1) is 0 Å². The molecule has 0 aromatic carbocycles. The zero-order valence-electron chi connectivity index (χ0n) is 8.04. The minimum absolute atomic E-state index is 0.390. The molecule has 2 fully saturated rings. The summed E-state index contributed by atoms with van der Waals surface area (Å²) in [5.74, 6) is 0.800. The standard InChI is InChI=1S/C10H18N2O/c11-6-1-2-9-5-7-12(9)10(13)8-3-4-8/h8-9H,1-7,11H2. The van der Waals surface area contributed by atoms with Crippen molar-refractivity contribution < 1.29 is 4.79 Å². The molecule has 1 saturated heterocycles. The van der Waals surface area contributed by atoms with Crippen LogP contribution in [0, 0.1) is 5.92 Å². The fraction of sp³-hybridized carbons (Fsp3) is 0.900. The van der Waals surface area contributed by atoms with Crippen LogP contribution in [0.3, 0.4) is 0 Å². The number of nitrogens with zero attached hydrogens (tertiary/aromatic N) is 1. The lowest BCUT2D eigenvalue weighted by Gasteiger charge is -2.41. The van der Waals surface area contributed by atoms with Crippen LogP contribution in [0.5, 0.6) is 0 Å². The highest BCUT2D eigenvalue weighted by molar-refractivity contribution is 5.82. The van der Waals surface area contributed by atoms with Crippen LogP contribution in [-0.2, 0) is 4.79 Å². The van der Waals surface area contributed by atoms with Crippen molar-refractivity contribution in [3.05, 3.63) is 0 Å². The summed E-state index contributed by atoms with van der Waals surface area (Å²) in [6, 6.07) is 0.525. The first-order chi connectivity index (χ1) is 6.33. The van der Waals surface area contributed by atoms with Gasteiger partial charge in [0, 0.05) is 18.5 Å². The number of carbonyl (C=O) groups is 1. The molecule has 1 unspecified atom stereocenters. The van der Waals surface area contributed by atoms with Gasteiger partial charge in [-0.2, -0.15) is 0 Å². The molecule has 3 nitrogen and oxygen atoms in total. The Morgan fingerprint density at radius 3 is 2.62 bits per heavy atom. The zero-order valence-corrected chi connectivity index (χ0v) is 8.04. The predicted molar refractivity (Wildman–Crippen MR) is 51.1 cm³/mol. The molecule has 1 atom stereocenters. The van der Waals surface area contributed by atoms with Gasteiger partial charge < -0.3 is 10.6 Å². The lowest BCUT2D eigenvalue weighted by atomic mass is 9.97. The van der Waals surface area contributed by atoms with Crippen molar-refractivity contribution in [2.24, 2.45) is 11.7 Å². The Morgan fingerprint density at radius 1 is 1.38 bits per heavy atom. The molecular weight excluding hydrogens is 164 g/mol. The first kappa shape index (κ1) is 9.00. The number of nitrogens with two attached hydrogens (primary N) is 1. The van der Waals surface area contributed by atoms with E-state index >= 15 is 0 Å². The molecule has 0 aromatic rings. The van der Waals surface area contributed by atoms with E-state index in [4.69, 9.17) is 5.73 Å². The van der Waals surface area contributed by atoms with Gasteiger partial charge in [0.2, 0.25) is 5.91 Å². The molecule has 1 aliphatic carbocycles. The van der Waals surface area contributed by atoms with E-state index in [2.05, 4.69) is 4.90 Å². The monoisotopic (exact) mass is 182 g/mol. The molecule has 0 aromatic heterocycles. The summed E-state index contributed by atoms with van der Waals surface area (Å²) in [5.41, 5.74) is 5.45. The Labute approximate surface area is 79.3 Å². The minimum Gasteiger partial charge on any atom is -0.339 e. The van der Waals surface area contributed by atoms with E-state index in [0.717, 1.165) is 38.8 Å². The topological polar surface area (TPSA) is 46.3 Å². The minimum atomic E-state index is 0.390. The Balaban J connectivity index is 1.76. The Bertz CT molecular complexity index is 201. The van der Waals surface area contributed by atoms with Crippen LogP contribution in [-0.4, -0.2) is 29.9 Å². The van der Waals surface area contributed by atoms with Crippen LogP contribution in [0.25, 0.3) is 0 Å². The van der Waals surface area contributed by atoms with Crippen LogP contribution in [0.4, 0.5) is 0 Å². The predicted octanol–water partition coefficient (Wildman–Crippen LogP) is 0.736. The zero-order chi connectivity index (χ0) is 9.26. The van der Waals surface area contributed by atoms with E-state index in [1.165, 1.54) is 6.42 Å². The lowest BCUT2D eigenvalue weighted by Crippen LogP contribution is -2.51. The average Bonchev–Trinajstić information content (AvgIpc) is 2.85. The maximum Gasteiger partial charge on any atom is 0.225 e. The molecule has 74 valence electrons. The molecule has 2 N–H and O–H groups in total. The average molecular weight is 182 g/mol. The highest BCUT2D eigenvalue weighted by Crippen LogP contribution is 2.34. The van der Waals surface area contributed by atoms with Gasteiger partial charge in [0.15, 0.2) is 0 Å². The van der Waals surface area contributed by atoms with Crippen LogP contribution in [0.2, 0.25) is 0 Å². The summed E-state index contributed by atoms with van der Waals surface area (Å²) in [7, 11) is 0. The van der Waals surface area contributed by atoms with Gasteiger partial charge in [0.1, 0.15) is 0 Å². The molecule has 0 bridgehead atoms. The maximum absolute atomic E-state index is 11.7. The van der Waals surface area contributed by atoms with Gasteiger partial charge in [-0.1, -0.05) is 0 Å². The van der Waals surface area contributed by atoms with Crippen molar-refractivity contribution in [2.75, 3.05) is 13.1 Å². The van der Waals surface area contributed by atoms with Gasteiger partial charge in [0.25, 0.3) is 0 Å². The second-order valence-electron chi connectivity index (χ2n) is 4.18. The number of likely N-dealkylation sites (tertiary alicyclic amines) is 1. The van der Waals surface area contributed by atoms with Crippen LogP contribution < -0.4 is 5.73 Å². The lowest BCUT2D eigenvalue weighted by molar-refractivity contribution is -0.140. The number of rotatable bonds is 4. The molecule has 1 saturated carbocycles. The molecule has 3 heteroatoms. The van der Waals surface area contributed by atoms with E-state index in [1.54, 1.807) is 0 Å². The quantitative estimate of drug-likeness (QED) is 0.697. The fourth-order valence-corrected chi connectivity index (χ4v) is 1.95. The van der Waals surface area contributed by atoms with Crippen molar-refractivity contribution in [3.8, 4) is 0 Å². The Kier molecular flexibility index (Phi) is 2.54. The van der Waals surface area contributed by atoms with E-state index < -0.39 is 0 Å². The highest BCUT2D eigenvalue weighted by Gasteiger charge is 2.39. The first-order valence-electron chi connectivity index (χ1n) is 5.33. The number of carbonyl (C=O) groups excluding carboxylic acids is 1. The summed E-state index contributed by atoms with van der Waals surface area (Å²) >= 11 is 0. The smallest absolute Gasteiger partial charge is 0.225 e. The Morgan fingerprint density at radius 2 is 2.15 bits per heavy atom. The second-order valence-corrected chi connectivity index (χ2v) is 4.18. The molecule has 1 heterocycles. The van der Waals surface area contributed by atoms with Crippen LogP contribution in [0.15, 0.2) is 0 Å². The molecule has 2 rings (SSSR count). The van der Waals surface area contributed by atoms with Crippen molar-refractivity contribution >= 4 is 5.91 Å². The Hall–Kier alpha value is -0.570. The fourth-order valence-electron chi connectivity index (χ4n) is 1.95. The maximum atomic E-state index is 11.7. The van der Waals surface area contributed by atoms with Crippen LogP contribution in [0.1, 0.15) is 32.1 Å². The SMILES string of the molecule is NCCCC1CCN1C(=O)C1CC1. The van der Waals surface area contributed by atoms with E-state index in [9.17, 15) is 4.79 Å². The summed E-state index contributed by atoms with van der Waals surface area (Å²) in [6.07, 6.45) is 5.60. The van der Waals surface area contributed by atoms with Crippen molar-refractivity contribution in [1.82, 2.24) is 4.90 Å². The third-order valence-corrected chi connectivity index (χ3v) is 3.10. The normalized spacial score (nSPS) is 27.2. The van der Waals surface area contributed by atoms with Crippen molar-refractivity contribution in [1.29, 1.82) is 0 Å². The summed E-state index contributed by atoms with van der Waals surface area (Å²) in [5, 5.41) is 0. The number of amides is 1. The third kappa shape index (κ3) is 1.85. The van der Waals surface area contributed by atoms with Gasteiger partial charge in [-0.25, -0.2) is 0 Å². The summed E-state index contributed by atoms with van der Waals surface area (Å²) in [6.45, 7) is 1.74. The van der Waals surface area contributed by atoms with Gasteiger partial charge >= 0.3 is 0 Å². The molecule has 13 heavy (non-hydrogen) atoms. The van der Waals surface area contributed by atoms with E-state index in [-0.39, 0.29) is 0 Å². The molecule has 0 spiro atoms. The van der Waals surface area contributed by atoms with Gasteiger partial charge in [0.05, 0.1) is 0 Å². The summed E-state index contributed by atoms with van der Waals surface area (Å²) in [4.78, 5) is 13.7. The van der Waals surface area contributed by atoms with E-state index in [1.807, 2.05) is 0 Å². The largest absolute Gasteiger partial charge is 0.339 e. The summed E-state index contributed by atoms with van der Waals surface area (Å²) < 4.78 is 0. The first-order valence-corrected chi connectivity index (χ1v) is 5.33. The second kappa shape index (κ2) is 3.66. The molecule has 1 aliphatic heterocycles. The van der Waals surface area contributed by atoms with Crippen molar-refractivity contribution in [3.63, 3.8) is 0 Å². The molecule has 2 aliphatic rings. The van der Waals surface area contributed by atoms with Gasteiger partial charge in [-0.3, -0.25) is 4.79 Å². The molecule has 1 amide bonds. The third-order valence-electron chi connectivity index (χ3n) is 3.10. The number of hydrogen-bond acceptors (Lipinski definition) is 2.